The summed E-state index contributed by atoms with van der Waals surface area (Å²) in [5.74, 6) is -1.04. The first-order valence-electron chi connectivity index (χ1n) is 5.52. The van der Waals surface area contributed by atoms with Crippen molar-refractivity contribution in [1.29, 1.82) is 0 Å². The summed E-state index contributed by atoms with van der Waals surface area (Å²) < 4.78 is 33.0. The van der Waals surface area contributed by atoms with Crippen molar-refractivity contribution in [2.24, 2.45) is 0 Å². The topological polar surface area (TPSA) is 34.2 Å². The van der Waals surface area contributed by atoms with E-state index >= 15 is 0 Å². The second-order valence-electron chi connectivity index (χ2n) is 3.80. The van der Waals surface area contributed by atoms with Gasteiger partial charge in [-0.1, -0.05) is 0 Å². The fourth-order valence-corrected chi connectivity index (χ4v) is 1.85. The van der Waals surface area contributed by atoms with Gasteiger partial charge in [-0.25, -0.2) is 13.8 Å². The van der Waals surface area contributed by atoms with E-state index in [4.69, 9.17) is 4.74 Å². The molecule has 3 nitrogen and oxygen atoms in total. The van der Waals surface area contributed by atoms with Crippen LogP contribution in [0.25, 0.3) is 0 Å². The highest BCUT2D eigenvalue weighted by Crippen LogP contribution is 2.31. The maximum atomic E-state index is 14.0. The van der Waals surface area contributed by atoms with Crippen LogP contribution < -0.4 is 10.1 Å². The predicted molar refractivity (Wildman–Crippen MR) is 71.1 cm³/mol. The van der Waals surface area contributed by atoms with Crippen molar-refractivity contribution in [1.82, 2.24) is 10.3 Å². The Labute approximate surface area is 117 Å². The number of benzene rings is 1. The van der Waals surface area contributed by atoms with Gasteiger partial charge in [0.15, 0.2) is 5.82 Å². The van der Waals surface area contributed by atoms with Gasteiger partial charge in [0.05, 0.1) is 4.47 Å². The number of halogens is 3. The molecule has 0 radical (unpaired) electrons. The third-order valence-electron chi connectivity index (χ3n) is 2.40. The van der Waals surface area contributed by atoms with Crippen molar-refractivity contribution in [2.45, 2.75) is 6.54 Å². The molecule has 100 valence electrons. The number of aromatic nitrogens is 1. The third-order valence-corrected chi connectivity index (χ3v) is 3.06. The zero-order valence-corrected chi connectivity index (χ0v) is 11.7. The molecule has 0 aliphatic rings. The van der Waals surface area contributed by atoms with Crippen LogP contribution in [0.1, 0.15) is 5.56 Å². The van der Waals surface area contributed by atoms with E-state index in [9.17, 15) is 8.78 Å². The van der Waals surface area contributed by atoms with Crippen LogP contribution in [0.15, 0.2) is 34.9 Å². The number of hydrogen-bond acceptors (Lipinski definition) is 3. The summed E-state index contributed by atoms with van der Waals surface area (Å²) in [4.78, 5) is 3.82. The fourth-order valence-electron chi connectivity index (χ4n) is 1.52. The first-order valence-corrected chi connectivity index (χ1v) is 6.32. The molecule has 2 rings (SSSR count). The Bertz CT molecular complexity index is 593. The maximum absolute atomic E-state index is 14.0. The summed E-state index contributed by atoms with van der Waals surface area (Å²) in [6.07, 6.45) is 1.44. The fraction of sp³-hybridized carbons (Fsp3) is 0.154. The van der Waals surface area contributed by atoms with Gasteiger partial charge in [-0.15, -0.1) is 0 Å². The smallest absolute Gasteiger partial charge is 0.256 e. The minimum atomic E-state index is -0.562. The summed E-state index contributed by atoms with van der Waals surface area (Å²) in [7, 11) is 1.71. The number of nitrogens with one attached hydrogen (secondary N) is 1. The lowest BCUT2D eigenvalue weighted by atomic mass is 10.2. The molecule has 1 aromatic carbocycles. The Morgan fingerprint density at radius 2 is 2.11 bits per heavy atom. The molecular weight excluding hydrogens is 318 g/mol. The molecule has 0 amide bonds. The Hall–Kier alpha value is -1.53. The monoisotopic (exact) mass is 328 g/mol. The van der Waals surface area contributed by atoms with E-state index in [1.54, 1.807) is 13.1 Å². The minimum Gasteiger partial charge on any atom is -0.435 e. The minimum absolute atomic E-state index is 0.174. The lowest BCUT2D eigenvalue weighted by Crippen LogP contribution is -2.08. The Balaban J connectivity index is 2.33. The molecule has 0 unspecified atom stereocenters. The number of rotatable bonds is 4. The lowest BCUT2D eigenvalue weighted by molar-refractivity contribution is 0.413. The molecule has 1 aromatic heterocycles. The van der Waals surface area contributed by atoms with Gasteiger partial charge in [-0.2, -0.15) is 0 Å². The van der Waals surface area contributed by atoms with Gasteiger partial charge in [0.1, 0.15) is 11.6 Å². The summed E-state index contributed by atoms with van der Waals surface area (Å²) in [5.41, 5.74) is 0.431. The molecule has 2 aromatic rings. The van der Waals surface area contributed by atoms with E-state index in [1.165, 1.54) is 18.3 Å². The summed E-state index contributed by atoms with van der Waals surface area (Å²) in [6.45, 7) is 0.356. The van der Waals surface area contributed by atoms with E-state index in [0.717, 1.165) is 6.07 Å². The molecule has 0 aliphatic heterocycles. The van der Waals surface area contributed by atoms with Gasteiger partial charge in [-0.05, 0) is 41.2 Å². The van der Waals surface area contributed by atoms with Gasteiger partial charge in [0.2, 0.25) is 0 Å². The zero-order valence-electron chi connectivity index (χ0n) is 10.1. The highest BCUT2D eigenvalue weighted by atomic mass is 79.9. The van der Waals surface area contributed by atoms with E-state index in [0.29, 0.717) is 16.6 Å². The Kier molecular flexibility index (Phi) is 4.44. The largest absolute Gasteiger partial charge is 0.435 e. The average Bonchev–Trinajstić information content (AvgIpc) is 2.39. The van der Waals surface area contributed by atoms with Crippen LogP contribution in [0.2, 0.25) is 0 Å². The van der Waals surface area contributed by atoms with Crippen molar-refractivity contribution < 1.29 is 13.5 Å². The van der Waals surface area contributed by atoms with Crippen LogP contribution in [0.5, 0.6) is 11.6 Å². The van der Waals surface area contributed by atoms with Crippen molar-refractivity contribution >= 4 is 15.9 Å². The molecule has 0 saturated carbocycles. The summed E-state index contributed by atoms with van der Waals surface area (Å²) in [6, 6.07) is 5.48. The first kappa shape index (κ1) is 13.9. The van der Waals surface area contributed by atoms with E-state index in [2.05, 4.69) is 26.2 Å². The third kappa shape index (κ3) is 3.27. The molecule has 1 N–H and O–H groups in total. The molecule has 0 saturated heterocycles. The molecule has 0 fully saturated rings. The van der Waals surface area contributed by atoms with E-state index in [1.807, 2.05) is 0 Å². The average molecular weight is 329 g/mol. The van der Waals surface area contributed by atoms with Crippen molar-refractivity contribution in [3.63, 3.8) is 0 Å². The van der Waals surface area contributed by atoms with Crippen molar-refractivity contribution in [3.05, 3.63) is 52.1 Å². The second-order valence-corrected chi connectivity index (χ2v) is 4.65. The molecule has 19 heavy (non-hydrogen) atoms. The van der Waals surface area contributed by atoms with Crippen molar-refractivity contribution in [2.75, 3.05) is 7.05 Å². The number of ether oxygens (including phenoxy) is 1. The van der Waals surface area contributed by atoms with E-state index < -0.39 is 11.6 Å². The predicted octanol–water partition coefficient (Wildman–Crippen LogP) is 3.63. The van der Waals surface area contributed by atoms with Gasteiger partial charge in [-0.3, -0.25) is 0 Å². The molecule has 1 heterocycles. The lowest BCUT2D eigenvalue weighted by Gasteiger charge is -2.10. The molecule has 0 aliphatic carbocycles. The molecule has 6 heteroatoms. The summed E-state index contributed by atoms with van der Waals surface area (Å²) in [5, 5.41) is 2.84. The summed E-state index contributed by atoms with van der Waals surface area (Å²) >= 11 is 3.21. The highest BCUT2D eigenvalue weighted by Gasteiger charge is 2.13. The van der Waals surface area contributed by atoms with E-state index in [-0.39, 0.29) is 11.6 Å². The molecule has 0 atom stereocenters. The molecule has 0 bridgehead atoms. The molecule has 0 spiro atoms. The highest BCUT2D eigenvalue weighted by molar-refractivity contribution is 9.10. The van der Waals surface area contributed by atoms with Crippen LogP contribution in [0, 0.1) is 11.6 Å². The van der Waals surface area contributed by atoms with Gasteiger partial charge >= 0.3 is 0 Å². The SMILES string of the molecule is CNCc1ccnc(Oc2cc(F)ccc2Br)c1F. The van der Waals surface area contributed by atoms with Gasteiger partial charge in [0.25, 0.3) is 5.88 Å². The van der Waals surface area contributed by atoms with Crippen LogP contribution in [-0.2, 0) is 6.54 Å². The standard InChI is InChI=1S/C13H11BrF2N2O/c1-17-7-8-4-5-18-13(12(8)16)19-11-6-9(15)2-3-10(11)14/h2-6,17H,7H2,1H3. The first-order chi connectivity index (χ1) is 9.11. The quantitative estimate of drug-likeness (QED) is 0.930. The number of pyridine rings is 1. The van der Waals surface area contributed by atoms with Gasteiger partial charge in [0, 0.05) is 24.4 Å². The maximum Gasteiger partial charge on any atom is 0.256 e. The Morgan fingerprint density at radius 3 is 2.84 bits per heavy atom. The van der Waals surface area contributed by atoms with Crippen LogP contribution in [0.4, 0.5) is 8.78 Å². The van der Waals surface area contributed by atoms with Crippen LogP contribution in [0.3, 0.4) is 0 Å². The Morgan fingerprint density at radius 1 is 1.32 bits per heavy atom. The second kappa shape index (κ2) is 6.08. The zero-order chi connectivity index (χ0) is 13.8. The van der Waals surface area contributed by atoms with Crippen LogP contribution in [-0.4, -0.2) is 12.0 Å². The number of hydrogen-bond donors (Lipinski definition) is 1. The normalized spacial score (nSPS) is 10.5. The van der Waals surface area contributed by atoms with Crippen LogP contribution >= 0.6 is 15.9 Å². The molecular formula is C13H11BrF2N2O. The van der Waals surface area contributed by atoms with Gasteiger partial charge < -0.3 is 10.1 Å². The van der Waals surface area contributed by atoms with Crippen molar-refractivity contribution in [3.8, 4) is 11.6 Å². The number of nitrogens with zero attached hydrogens (tertiary/aromatic N) is 1.